The molecular formula is C23H19ClF5N3O3. The van der Waals surface area contributed by atoms with Crippen molar-refractivity contribution in [3.05, 3.63) is 74.7 Å². The highest BCUT2D eigenvalue weighted by Gasteiger charge is 2.33. The third-order valence-electron chi connectivity index (χ3n) is 5.43. The molecule has 1 saturated heterocycles. The average Bonchev–Trinajstić information content (AvgIpc) is 3.32. The van der Waals surface area contributed by atoms with Crippen LogP contribution in [0.25, 0.3) is 0 Å². The Bertz CT molecular complexity index is 1280. The topological polar surface area (TPSA) is 56.6 Å². The lowest BCUT2D eigenvalue weighted by Gasteiger charge is -2.20. The van der Waals surface area contributed by atoms with Crippen molar-refractivity contribution in [2.24, 2.45) is 7.05 Å². The Balaban J connectivity index is 1.52. The van der Waals surface area contributed by atoms with E-state index in [1.54, 1.807) is 13.1 Å². The van der Waals surface area contributed by atoms with Crippen LogP contribution in [0.2, 0.25) is 5.02 Å². The van der Waals surface area contributed by atoms with Gasteiger partial charge in [0.1, 0.15) is 18.2 Å². The summed E-state index contributed by atoms with van der Waals surface area (Å²) in [5, 5.41) is -0.574. The van der Waals surface area contributed by atoms with Crippen molar-refractivity contribution in [1.82, 2.24) is 9.55 Å². The summed E-state index contributed by atoms with van der Waals surface area (Å²) in [6, 6.07) is 5.95. The van der Waals surface area contributed by atoms with Crippen molar-refractivity contribution in [2.45, 2.75) is 25.6 Å². The lowest BCUT2D eigenvalue weighted by Crippen LogP contribution is -2.29. The predicted octanol–water partition coefficient (Wildman–Crippen LogP) is 5.70. The molecule has 1 aromatic heterocycles. The molecule has 1 aliphatic heterocycles. The van der Waals surface area contributed by atoms with Crippen molar-refractivity contribution in [3.63, 3.8) is 0 Å². The van der Waals surface area contributed by atoms with Gasteiger partial charge in [-0.1, -0.05) is 11.6 Å². The van der Waals surface area contributed by atoms with Gasteiger partial charge in [-0.15, -0.1) is 0 Å². The largest absolute Gasteiger partial charge is 0.473 e. The summed E-state index contributed by atoms with van der Waals surface area (Å²) in [4.78, 5) is 18.0. The Morgan fingerprint density at radius 2 is 1.71 bits per heavy atom. The number of ether oxygens (including phenoxy) is 2. The van der Waals surface area contributed by atoms with E-state index in [4.69, 9.17) is 21.1 Å². The third-order valence-corrected chi connectivity index (χ3v) is 5.76. The second-order valence-corrected chi connectivity index (χ2v) is 8.31. The molecule has 35 heavy (non-hydrogen) atoms. The maximum atomic E-state index is 14.6. The normalized spacial score (nSPS) is 13.9. The molecule has 2 aromatic carbocycles. The molecule has 0 unspecified atom stereocenters. The zero-order valence-electron chi connectivity index (χ0n) is 18.3. The van der Waals surface area contributed by atoms with E-state index < -0.39 is 45.6 Å². The molecule has 6 nitrogen and oxygen atoms in total. The van der Waals surface area contributed by atoms with E-state index in [-0.39, 0.29) is 18.1 Å². The minimum absolute atomic E-state index is 0.00279. The van der Waals surface area contributed by atoms with E-state index in [1.807, 2.05) is 4.90 Å². The summed E-state index contributed by atoms with van der Waals surface area (Å²) >= 11 is 5.55. The molecule has 0 atom stereocenters. The highest BCUT2D eigenvalue weighted by molar-refractivity contribution is 6.31. The first-order chi connectivity index (χ1) is 16.5. The maximum absolute atomic E-state index is 14.6. The van der Waals surface area contributed by atoms with Crippen molar-refractivity contribution in [1.29, 1.82) is 0 Å². The molecule has 0 bridgehead atoms. The Hall–Kier alpha value is -3.34. The number of aromatic nitrogens is 2. The van der Waals surface area contributed by atoms with Gasteiger partial charge >= 0.3 is 11.9 Å². The van der Waals surface area contributed by atoms with Crippen LogP contribution in [0.5, 0.6) is 17.4 Å². The Kier molecular flexibility index (Phi) is 6.88. The van der Waals surface area contributed by atoms with Gasteiger partial charge in [0.15, 0.2) is 17.4 Å². The summed E-state index contributed by atoms with van der Waals surface area (Å²) in [7, 11) is 1.59. The number of hydrogen-bond donors (Lipinski definition) is 0. The van der Waals surface area contributed by atoms with Crippen molar-refractivity contribution in [2.75, 3.05) is 18.0 Å². The van der Waals surface area contributed by atoms with Gasteiger partial charge in [-0.25, -0.2) is 13.6 Å². The fraction of sp³-hybridized carbons (Fsp3) is 0.304. The maximum Gasteiger partial charge on any atom is 0.417 e. The number of alkyl halides is 3. The van der Waals surface area contributed by atoms with E-state index in [1.165, 1.54) is 4.57 Å². The lowest BCUT2D eigenvalue weighted by atomic mass is 10.2. The molecule has 0 amide bonds. The second-order valence-electron chi connectivity index (χ2n) is 7.91. The number of halogens is 6. The van der Waals surface area contributed by atoms with Gasteiger partial charge in [0.05, 0.1) is 10.6 Å². The van der Waals surface area contributed by atoms with E-state index in [2.05, 4.69) is 4.98 Å². The minimum atomic E-state index is -4.77. The SMILES string of the molecule is Cn1c(N2CCCC2)cc(OCc2cc(F)c(Oc3ccc(Cl)c(C(F)(F)F)c3)c(F)c2)nc1=O. The first kappa shape index (κ1) is 24.8. The van der Waals surface area contributed by atoms with Gasteiger partial charge in [-0.3, -0.25) is 4.57 Å². The fourth-order valence-corrected chi connectivity index (χ4v) is 3.91. The molecule has 12 heteroatoms. The number of anilines is 1. The molecule has 4 rings (SSSR count). The summed E-state index contributed by atoms with van der Waals surface area (Å²) in [6.45, 7) is 1.26. The first-order valence-electron chi connectivity index (χ1n) is 10.5. The van der Waals surface area contributed by atoms with Crippen LogP contribution in [-0.2, 0) is 19.8 Å². The van der Waals surface area contributed by atoms with Crippen molar-refractivity contribution in [3.8, 4) is 17.4 Å². The number of rotatable bonds is 6. The summed E-state index contributed by atoms with van der Waals surface area (Å²) in [6.07, 6.45) is -2.78. The molecule has 3 aromatic rings. The minimum Gasteiger partial charge on any atom is -0.473 e. The van der Waals surface area contributed by atoms with Gasteiger partial charge in [0.25, 0.3) is 0 Å². The summed E-state index contributed by atoms with van der Waals surface area (Å²) < 4.78 is 80.2. The van der Waals surface area contributed by atoms with Crippen LogP contribution < -0.4 is 20.1 Å². The van der Waals surface area contributed by atoms with E-state index in [9.17, 15) is 26.7 Å². The zero-order valence-corrected chi connectivity index (χ0v) is 19.1. The first-order valence-corrected chi connectivity index (χ1v) is 10.9. The van der Waals surface area contributed by atoms with Crippen LogP contribution in [0, 0.1) is 11.6 Å². The summed E-state index contributed by atoms with van der Waals surface area (Å²) in [5.41, 5.74) is -1.67. The average molecular weight is 516 g/mol. The third kappa shape index (κ3) is 5.50. The second kappa shape index (κ2) is 9.73. The van der Waals surface area contributed by atoms with E-state index in [0.29, 0.717) is 11.9 Å². The molecule has 186 valence electrons. The molecule has 0 N–H and O–H groups in total. The van der Waals surface area contributed by atoms with Gasteiger partial charge in [0.2, 0.25) is 5.88 Å². The van der Waals surface area contributed by atoms with Gasteiger partial charge in [-0.05, 0) is 48.7 Å². The summed E-state index contributed by atoms with van der Waals surface area (Å²) in [5.74, 6) is -3.00. The molecule has 0 aliphatic carbocycles. The standard InChI is InChI=1S/C23H19ClF5N3O3/c1-31-20(32-6-2-3-7-32)11-19(30-22(31)33)34-12-13-8-17(25)21(18(26)9-13)35-14-4-5-16(24)15(10-14)23(27,28)29/h4-5,8-11H,2-3,6-7,12H2,1H3. The molecule has 0 spiro atoms. The van der Waals surface area contributed by atoms with E-state index in [0.717, 1.165) is 50.2 Å². The van der Waals surface area contributed by atoms with Crippen molar-refractivity contribution >= 4 is 17.4 Å². The van der Waals surface area contributed by atoms with Crippen LogP contribution >= 0.6 is 11.6 Å². The number of hydrogen-bond acceptors (Lipinski definition) is 5. The Morgan fingerprint density at radius 3 is 2.34 bits per heavy atom. The number of benzene rings is 2. The fourth-order valence-electron chi connectivity index (χ4n) is 3.68. The Morgan fingerprint density at radius 1 is 1.06 bits per heavy atom. The van der Waals surface area contributed by atoms with Crippen molar-refractivity contribution < 1.29 is 31.4 Å². The van der Waals surface area contributed by atoms with Crippen LogP contribution in [0.3, 0.4) is 0 Å². The monoisotopic (exact) mass is 515 g/mol. The van der Waals surface area contributed by atoms with Gasteiger partial charge < -0.3 is 14.4 Å². The molecule has 1 fully saturated rings. The molecule has 1 aliphatic rings. The molecular weight excluding hydrogens is 497 g/mol. The van der Waals surface area contributed by atoms with E-state index >= 15 is 0 Å². The highest BCUT2D eigenvalue weighted by atomic mass is 35.5. The molecule has 0 radical (unpaired) electrons. The van der Waals surface area contributed by atoms with Gasteiger partial charge in [-0.2, -0.15) is 18.2 Å². The predicted molar refractivity (Wildman–Crippen MR) is 118 cm³/mol. The quantitative estimate of drug-likeness (QED) is 0.394. The Labute approximate surface area is 201 Å². The molecule has 2 heterocycles. The van der Waals surface area contributed by atoms with Crippen LogP contribution in [0.1, 0.15) is 24.0 Å². The van der Waals surface area contributed by atoms with Crippen LogP contribution in [0.15, 0.2) is 41.2 Å². The highest BCUT2D eigenvalue weighted by Crippen LogP contribution is 2.38. The zero-order chi connectivity index (χ0) is 25.3. The number of nitrogens with zero attached hydrogens (tertiary/aromatic N) is 3. The van der Waals surface area contributed by atoms with Crippen LogP contribution in [0.4, 0.5) is 27.8 Å². The smallest absolute Gasteiger partial charge is 0.417 e. The van der Waals surface area contributed by atoms with Gasteiger partial charge in [0, 0.05) is 26.2 Å². The lowest BCUT2D eigenvalue weighted by molar-refractivity contribution is -0.137. The molecule has 0 saturated carbocycles. The van der Waals surface area contributed by atoms with Crippen LogP contribution in [-0.4, -0.2) is 22.6 Å².